The van der Waals surface area contributed by atoms with E-state index < -0.39 is 0 Å². The minimum absolute atomic E-state index is 0.564. The Morgan fingerprint density at radius 1 is 0.960 bits per heavy atom. The van der Waals surface area contributed by atoms with Crippen molar-refractivity contribution < 1.29 is 9.47 Å². The predicted octanol–water partition coefficient (Wildman–Crippen LogP) is 5.57. The lowest BCUT2D eigenvalue weighted by molar-refractivity contribution is 0.355. The van der Waals surface area contributed by atoms with Crippen molar-refractivity contribution in [3.05, 3.63) is 64.0 Å². The van der Waals surface area contributed by atoms with Crippen LogP contribution in [-0.4, -0.2) is 24.2 Å². The maximum Gasteiger partial charge on any atom is 0.161 e. The number of rotatable bonds is 5. The van der Waals surface area contributed by atoms with Crippen molar-refractivity contribution in [1.82, 2.24) is 9.97 Å². The minimum Gasteiger partial charge on any atom is -0.493 e. The fourth-order valence-corrected chi connectivity index (χ4v) is 2.89. The number of imidazole rings is 1. The van der Waals surface area contributed by atoms with Gasteiger partial charge in [0.05, 0.1) is 24.9 Å². The van der Waals surface area contributed by atoms with Crippen molar-refractivity contribution >= 4 is 35.4 Å². The molecule has 2 aromatic carbocycles. The molecule has 128 valence electrons. The maximum absolute atomic E-state index is 6.23. The predicted molar refractivity (Wildman–Crippen MR) is 103 cm³/mol. The molecule has 0 saturated carbocycles. The summed E-state index contributed by atoms with van der Waals surface area (Å²) in [5.41, 5.74) is 2.56. The van der Waals surface area contributed by atoms with Gasteiger partial charge in [0, 0.05) is 16.8 Å². The van der Waals surface area contributed by atoms with E-state index in [0.717, 1.165) is 22.6 Å². The Morgan fingerprint density at radius 3 is 2.48 bits per heavy atom. The number of H-pyrrole nitrogens is 1. The van der Waals surface area contributed by atoms with Crippen LogP contribution < -0.4 is 9.47 Å². The van der Waals surface area contributed by atoms with E-state index in [1.165, 1.54) is 0 Å². The standard InChI is InChI=1S/C19H16Cl2N2O2/c1-24-17-7-3-12(9-18(17)25-2)4-8-19-22-11-16(23-19)14-6-5-13(20)10-15(14)21/h3-11H,1-2H3,(H,22,23). The Hall–Kier alpha value is -2.43. The van der Waals surface area contributed by atoms with E-state index >= 15 is 0 Å². The van der Waals surface area contributed by atoms with Crippen LogP contribution in [0.4, 0.5) is 0 Å². The first-order chi connectivity index (χ1) is 12.1. The second kappa shape index (κ2) is 7.64. The third kappa shape index (κ3) is 3.98. The molecule has 0 atom stereocenters. The van der Waals surface area contributed by atoms with Crippen LogP contribution in [0.25, 0.3) is 23.4 Å². The Kier molecular flexibility index (Phi) is 5.31. The molecule has 1 heterocycles. The van der Waals surface area contributed by atoms with E-state index in [1.807, 2.05) is 42.6 Å². The first-order valence-corrected chi connectivity index (χ1v) is 8.27. The van der Waals surface area contributed by atoms with Crippen LogP contribution in [0, 0.1) is 0 Å². The van der Waals surface area contributed by atoms with E-state index in [1.54, 1.807) is 26.4 Å². The number of methoxy groups -OCH3 is 2. The summed E-state index contributed by atoms with van der Waals surface area (Å²) in [6, 6.07) is 11.0. The van der Waals surface area contributed by atoms with E-state index in [9.17, 15) is 0 Å². The van der Waals surface area contributed by atoms with Crippen molar-refractivity contribution in [3.8, 4) is 22.8 Å². The fraction of sp³-hybridized carbons (Fsp3) is 0.105. The average molecular weight is 375 g/mol. The zero-order valence-corrected chi connectivity index (χ0v) is 15.2. The first-order valence-electron chi connectivity index (χ1n) is 7.51. The number of hydrogen-bond donors (Lipinski definition) is 1. The molecular formula is C19H16Cl2N2O2. The number of nitrogens with zero attached hydrogens (tertiary/aromatic N) is 1. The SMILES string of the molecule is COc1ccc(C=Cc2nc(-c3ccc(Cl)cc3Cl)c[nH]2)cc1OC. The Bertz CT molecular complexity index is 920. The molecule has 0 spiro atoms. The number of hydrogen-bond acceptors (Lipinski definition) is 3. The molecule has 0 bridgehead atoms. The van der Waals surface area contributed by atoms with Crippen molar-refractivity contribution in [3.63, 3.8) is 0 Å². The van der Waals surface area contributed by atoms with Gasteiger partial charge in [-0.3, -0.25) is 0 Å². The van der Waals surface area contributed by atoms with E-state index in [2.05, 4.69) is 9.97 Å². The second-order valence-corrected chi connectivity index (χ2v) is 6.09. The zero-order chi connectivity index (χ0) is 17.8. The molecule has 0 unspecified atom stereocenters. The number of halogens is 2. The van der Waals surface area contributed by atoms with Crippen LogP contribution in [-0.2, 0) is 0 Å². The van der Waals surface area contributed by atoms with Crippen LogP contribution in [0.15, 0.2) is 42.6 Å². The van der Waals surface area contributed by atoms with Gasteiger partial charge in [-0.05, 0) is 42.0 Å². The van der Waals surface area contributed by atoms with Crippen molar-refractivity contribution in [2.45, 2.75) is 0 Å². The van der Waals surface area contributed by atoms with Crippen LogP contribution in [0.3, 0.4) is 0 Å². The van der Waals surface area contributed by atoms with Gasteiger partial charge in [-0.1, -0.05) is 35.3 Å². The van der Waals surface area contributed by atoms with Crippen molar-refractivity contribution in [2.75, 3.05) is 14.2 Å². The molecule has 0 amide bonds. The molecule has 0 saturated heterocycles. The molecule has 0 radical (unpaired) electrons. The molecule has 3 rings (SSSR count). The molecule has 1 aromatic heterocycles. The smallest absolute Gasteiger partial charge is 0.161 e. The highest BCUT2D eigenvalue weighted by Crippen LogP contribution is 2.30. The largest absolute Gasteiger partial charge is 0.493 e. The Labute approximate surface area is 156 Å². The van der Waals surface area contributed by atoms with Crippen LogP contribution in [0.2, 0.25) is 10.0 Å². The summed E-state index contributed by atoms with van der Waals surface area (Å²) in [5.74, 6) is 2.09. The number of nitrogens with one attached hydrogen (secondary N) is 1. The lowest BCUT2D eigenvalue weighted by Crippen LogP contribution is -1.90. The van der Waals surface area contributed by atoms with Gasteiger partial charge < -0.3 is 14.5 Å². The monoisotopic (exact) mass is 374 g/mol. The van der Waals surface area contributed by atoms with E-state index in [4.69, 9.17) is 32.7 Å². The van der Waals surface area contributed by atoms with Gasteiger partial charge in [-0.25, -0.2) is 4.98 Å². The Morgan fingerprint density at radius 2 is 1.76 bits per heavy atom. The number of benzene rings is 2. The number of ether oxygens (including phenoxy) is 2. The Balaban J connectivity index is 1.82. The second-order valence-electron chi connectivity index (χ2n) is 5.24. The highest BCUT2D eigenvalue weighted by molar-refractivity contribution is 6.36. The summed E-state index contributed by atoms with van der Waals surface area (Å²) < 4.78 is 10.5. The average Bonchev–Trinajstić information content (AvgIpc) is 3.08. The van der Waals surface area contributed by atoms with Gasteiger partial charge in [0.15, 0.2) is 11.5 Å². The van der Waals surface area contributed by atoms with E-state index in [0.29, 0.717) is 21.5 Å². The third-order valence-electron chi connectivity index (χ3n) is 3.65. The van der Waals surface area contributed by atoms with Gasteiger partial charge in [0.25, 0.3) is 0 Å². The lowest BCUT2D eigenvalue weighted by atomic mass is 10.2. The molecule has 25 heavy (non-hydrogen) atoms. The van der Waals surface area contributed by atoms with Crippen LogP contribution >= 0.6 is 23.2 Å². The lowest BCUT2D eigenvalue weighted by Gasteiger charge is -2.07. The highest BCUT2D eigenvalue weighted by Gasteiger charge is 2.08. The quantitative estimate of drug-likeness (QED) is 0.634. The molecule has 0 fully saturated rings. The molecule has 0 aliphatic carbocycles. The molecule has 1 N–H and O–H groups in total. The normalized spacial score (nSPS) is 11.0. The van der Waals surface area contributed by atoms with Gasteiger partial charge in [-0.15, -0.1) is 0 Å². The first kappa shape index (κ1) is 17.4. The molecule has 0 aliphatic heterocycles. The molecule has 6 heteroatoms. The topological polar surface area (TPSA) is 47.1 Å². The van der Waals surface area contributed by atoms with Crippen molar-refractivity contribution in [2.24, 2.45) is 0 Å². The van der Waals surface area contributed by atoms with Gasteiger partial charge >= 0.3 is 0 Å². The maximum atomic E-state index is 6.23. The van der Waals surface area contributed by atoms with Crippen molar-refractivity contribution in [1.29, 1.82) is 0 Å². The third-order valence-corrected chi connectivity index (χ3v) is 4.19. The minimum atomic E-state index is 0.564. The summed E-state index contributed by atoms with van der Waals surface area (Å²) >= 11 is 12.2. The molecule has 3 aromatic rings. The molecular weight excluding hydrogens is 359 g/mol. The fourth-order valence-electron chi connectivity index (χ4n) is 2.39. The van der Waals surface area contributed by atoms with Crippen LogP contribution in [0.5, 0.6) is 11.5 Å². The van der Waals surface area contributed by atoms with Gasteiger partial charge in [-0.2, -0.15) is 0 Å². The summed E-state index contributed by atoms with van der Waals surface area (Å²) in [5, 5.41) is 1.16. The van der Waals surface area contributed by atoms with Crippen LogP contribution in [0.1, 0.15) is 11.4 Å². The summed E-state index contributed by atoms with van der Waals surface area (Å²) in [6.07, 6.45) is 5.63. The summed E-state index contributed by atoms with van der Waals surface area (Å²) in [4.78, 5) is 7.66. The molecule has 4 nitrogen and oxygen atoms in total. The summed E-state index contributed by atoms with van der Waals surface area (Å²) in [6.45, 7) is 0. The summed E-state index contributed by atoms with van der Waals surface area (Å²) in [7, 11) is 3.22. The van der Waals surface area contributed by atoms with Gasteiger partial charge in [0.2, 0.25) is 0 Å². The zero-order valence-electron chi connectivity index (χ0n) is 13.7. The van der Waals surface area contributed by atoms with Gasteiger partial charge in [0.1, 0.15) is 5.82 Å². The number of aromatic nitrogens is 2. The molecule has 0 aliphatic rings. The van der Waals surface area contributed by atoms with E-state index in [-0.39, 0.29) is 0 Å². The highest BCUT2D eigenvalue weighted by atomic mass is 35.5. The number of aromatic amines is 1.